The van der Waals surface area contributed by atoms with Crippen LogP contribution in [-0.2, 0) is 14.4 Å². The summed E-state index contributed by atoms with van der Waals surface area (Å²) in [6.45, 7) is 6.42. The molecule has 0 unspecified atom stereocenters. The normalized spacial score (nSPS) is 9.10. The first kappa shape index (κ1) is 20.7. The van der Waals surface area contributed by atoms with Crippen LogP contribution in [0.4, 0.5) is 0 Å². The van der Waals surface area contributed by atoms with Crippen LogP contribution in [0.2, 0.25) is 0 Å². The Morgan fingerprint density at radius 3 is 1.95 bits per heavy atom. The summed E-state index contributed by atoms with van der Waals surface area (Å²) in [5.41, 5.74) is 5.24. The Morgan fingerprint density at radius 2 is 1.50 bits per heavy atom. The fourth-order valence-electron chi connectivity index (χ4n) is 1.25. The van der Waals surface area contributed by atoms with Crippen molar-refractivity contribution in [3.63, 3.8) is 0 Å². The third-order valence-electron chi connectivity index (χ3n) is 2.37. The Hall–Kier alpha value is -1.63. The Balaban J connectivity index is 0. The molecule has 0 bridgehead atoms. The van der Waals surface area contributed by atoms with Gasteiger partial charge in [-0.2, -0.15) is 0 Å². The molecule has 0 aromatic rings. The number of amides is 3. The summed E-state index contributed by atoms with van der Waals surface area (Å²) < 4.78 is 0. The second-order valence-electron chi connectivity index (χ2n) is 3.99. The van der Waals surface area contributed by atoms with Crippen LogP contribution >= 0.6 is 0 Å². The summed E-state index contributed by atoms with van der Waals surface area (Å²) >= 11 is 0. The molecular weight excluding hydrogens is 260 g/mol. The highest BCUT2D eigenvalue weighted by atomic mass is 16.2. The summed E-state index contributed by atoms with van der Waals surface area (Å²) in [4.78, 5) is 37.0. The van der Waals surface area contributed by atoms with Gasteiger partial charge in [-0.25, -0.2) is 0 Å². The molecule has 0 aliphatic heterocycles. The minimum absolute atomic E-state index is 0.0205. The first-order chi connectivity index (χ1) is 9.42. The van der Waals surface area contributed by atoms with Crippen molar-refractivity contribution >= 4 is 17.7 Å². The van der Waals surface area contributed by atoms with E-state index >= 15 is 0 Å². The van der Waals surface area contributed by atoms with Gasteiger partial charge < -0.3 is 20.9 Å². The molecule has 0 rings (SSSR count). The van der Waals surface area contributed by atoms with Crippen LogP contribution in [0.15, 0.2) is 0 Å². The molecule has 0 aromatic carbocycles. The van der Waals surface area contributed by atoms with Crippen LogP contribution < -0.4 is 11.1 Å². The first-order valence-electron chi connectivity index (χ1n) is 6.87. The van der Waals surface area contributed by atoms with Crippen molar-refractivity contribution in [2.24, 2.45) is 5.73 Å². The van der Waals surface area contributed by atoms with Crippen LogP contribution in [-0.4, -0.2) is 67.8 Å². The van der Waals surface area contributed by atoms with Crippen molar-refractivity contribution in [2.75, 3.05) is 40.3 Å². The highest BCUT2D eigenvalue weighted by molar-refractivity contribution is 5.88. The molecule has 0 saturated heterocycles. The maximum absolute atomic E-state index is 11.7. The van der Waals surface area contributed by atoms with Gasteiger partial charge in [0.05, 0.1) is 13.1 Å². The lowest BCUT2D eigenvalue weighted by Gasteiger charge is -2.21. The van der Waals surface area contributed by atoms with Gasteiger partial charge in [-0.1, -0.05) is 20.8 Å². The quantitative estimate of drug-likeness (QED) is 0.655. The molecule has 3 amide bonds. The lowest BCUT2D eigenvalue weighted by Crippen LogP contribution is -2.44. The van der Waals surface area contributed by atoms with Crippen molar-refractivity contribution in [1.29, 1.82) is 0 Å². The molecule has 0 fully saturated rings. The smallest absolute Gasteiger partial charge is 0.242 e. The lowest BCUT2D eigenvalue weighted by atomic mass is 10.4. The third-order valence-corrected chi connectivity index (χ3v) is 2.37. The second-order valence-corrected chi connectivity index (χ2v) is 3.99. The first-order valence-corrected chi connectivity index (χ1v) is 6.87. The number of nitrogens with one attached hydrogen (secondary N) is 1. The molecule has 0 saturated carbocycles. The number of carbonyl (C=O) groups is 3. The van der Waals surface area contributed by atoms with E-state index in [4.69, 9.17) is 5.73 Å². The zero-order valence-electron chi connectivity index (χ0n) is 13.2. The summed E-state index contributed by atoms with van der Waals surface area (Å²) in [6, 6.07) is 0. The van der Waals surface area contributed by atoms with Crippen molar-refractivity contribution in [3.05, 3.63) is 0 Å². The molecule has 7 heteroatoms. The molecule has 0 radical (unpaired) electrons. The second kappa shape index (κ2) is 12.4. The van der Waals surface area contributed by atoms with Gasteiger partial charge in [0, 0.05) is 33.6 Å². The van der Waals surface area contributed by atoms with Crippen molar-refractivity contribution < 1.29 is 14.4 Å². The number of hydrogen-bond acceptors (Lipinski definition) is 4. The van der Waals surface area contributed by atoms with Gasteiger partial charge in [-0.05, 0) is 0 Å². The van der Waals surface area contributed by atoms with Crippen LogP contribution in [0.25, 0.3) is 0 Å². The molecule has 0 atom stereocenters. The van der Waals surface area contributed by atoms with E-state index in [0.29, 0.717) is 19.5 Å². The van der Waals surface area contributed by atoms with Gasteiger partial charge >= 0.3 is 0 Å². The Labute approximate surface area is 121 Å². The van der Waals surface area contributed by atoms with Crippen LogP contribution in [0.5, 0.6) is 0 Å². The lowest BCUT2D eigenvalue weighted by molar-refractivity contribution is -0.140. The SMILES string of the molecule is CC.CCC(=O)N(C)CC(=O)N(C)CC(=O)NCCN. The fourth-order valence-corrected chi connectivity index (χ4v) is 1.25. The molecule has 20 heavy (non-hydrogen) atoms. The van der Waals surface area contributed by atoms with E-state index in [0.717, 1.165) is 0 Å². The molecule has 3 N–H and O–H groups in total. The van der Waals surface area contributed by atoms with Gasteiger partial charge in [-0.3, -0.25) is 14.4 Å². The minimum atomic E-state index is -0.276. The zero-order chi connectivity index (χ0) is 16.1. The average Bonchev–Trinajstić information content (AvgIpc) is 2.45. The predicted octanol–water partition coefficient (Wildman–Crippen LogP) is -0.586. The van der Waals surface area contributed by atoms with Crippen LogP contribution in [0, 0.1) is 0 Å². The highest BCUT2D eigenvalue weighted by Gasteiger charge is 2.16. The van der Waals surface area contributed by atoms with E-state index in [1.807, 2.05) is 13.8 Å². The third kappa shape index (κ3) is 9.32. The van der Waals surface area contributed by atoms with Crippen molar-refractivity contribution in [3.8, 4) is 0 Å². The van der Waals surface area contributed by atoms with Gasteiger partial charge in [0.15, 0.2) is 0 Å². The fraction of sp³-hybridized carbons (Fsp3) is 0.769. The minimum Gasteiger partial charge on any atom is -0.353 e. The van der Waals surface area contributed by atoms with E-state index in [1.165, 1.54) is 16.8 Å². The zero-order valence-corrected chi connectivity index (χ0v) is 13.2. The van der Waals surface area contributed by atoms with E-state index in [9.17, 15) is 14.4 Å². The number of likely N-dealkylation sites (N-methyl/N-ethyl adjacent to an activating group) is 2. The molecular formula is C13H28N4O3. The maximum Gasteiger partial charge on any atom is 0.242 e. The Bertz CT molecular complexity index is 308. The Morgan fingerprint density at radius 1 is 1.00 bits per heavy atom. The van der Waals surface area contributed by atoms with Crippen LogP contribution in [0.1, 0.15) is 27.2 Å². The topological polar surface area (TPSA) is 95.7 Å². The summed E-state index contributed by atoms with van der Waals surface area (Å²) in [6.07, 6.45) is 0.352. The summed E-state index contributed by atoms with van der Waals surface area (Å²) in [7, 11) is 3.08. The van der Waals surface area contributed by atoms with Gasteiger partial charge in [0.1, 0.15) is 0 Å². The molecule has 7 nitrogen and oxygen atoms in total. The van der Waals surface area contributed by atoms with Gasteiger partial charge in [0.2, 0.25) is 17.7 Å². The van der Waals surface area contributed by atoms with Gasteiger partial charge in [-0.15, -0.1) is 0 Å². The molecule has 0 aromatic heterocycles. The summed E-state index contributed by atoms with van der Waals surface area (Å²) in [5.74, 6) is -0.646. The van der Waals surface area contributed by atoms with Crippen molar-refractivity contribution in [2.45, 2.75) is 27.2 Å². The van der Waals surface area contributed by atoms with Gasteiger partial charge in [0.25, 0.3) is 0 Å². The number of hydrogen-bond donors (Lipinski definition) is 2. The Kier molecular flexibility index (Phi) is 12.8. The number of nitrogens with two attached hydrogens (primary N) is 1. The molecule has 0 heterocycles. The van der Waals surface area contributed by atoms with E-state index < -0.39 is 0 Å². The average molecular weight is 288 g/mol. The summed E-state index contributed by atoms with van der Waals surface area (Å²) in [5, 5.41) is 2.57. The van der Waals surface area contributed by atoms with E-state index in [1.54, 1.807) is 14.0 Å². The monoisotopic (exact) mass is 288 g/mol. The number of carbonyl (C=O) groups excluding carboxylic acids is 3. The molecule has 0 aliphatic rings. The van der Waals surface area contributed by atoms with E-state index in [2.05, 4.69) is 5.32 Å². The van der Waals surface area contributed by atoms with Crippen LogP contribution in [0.3, 0.4) is 0 Å². The largest absolute Gasteiger partial charge is 0.353 e. The highest BCUT2D eigenvalue weighted by Crippen LogP contribution is 1.93. The number of rotatable bonds is 7. The molecule has 118 valence electrons. The molecule has 0 spiro atoms. The number of nitrogens with zero attached hydrogens (tertiary/aromatic N) is 2. The van der Waals surface area contributed by atoms with E-state index in [-0.39, 0.29) is 30.8 Å². The van der Waals surface area contributed by atoms with Crippen molar-refractivity contribution in [1.82, 2.24) is 15.1 Å². The predicted molar refractivity (Wildman–Crippen MR) is 79.0 cm³/mol. The standard InChI is InChI=1S/C11H22N4O3.C2H6/c1-4-10(17)15(3)8-11(18)14(2)7-9(16)13-6-5-12;1-2/h4-8,12H2,1-3H3,(H,13,16);1-2H3. The molecule has 0 aliphatic carbocycles. The maximum atomic E-state index is 11.7.